The molecule has 7 nitrogen and oxygen atoms in total. The largest absolute Gasteiger partial charge is 0.378 e. The number of fused-ring (bicyclic) bond motifs is 5. The molecule has 224 valence electrons. The van der Waals surface area contributed by atoms with Gasteiger partial charge < -0.3 is 24.3 Å². The van der Waals surface area contributed by atoms with Crippen LogP contribution in [0.5, 0.6) is 0 Å². The van der Waals surface area contributed by atoms with E-state index >= 15 is 0 Å². The number of aromatic nitrogens is 1. The molecule has 3 aromatic rings. The minimum absolute atomic E-state index is 0.0480. The molecule has 1 aromatic heterocycles. The van der Waals surface area contributed by atoms with Gasteiger partial charge in [-0.1, -0.05) is 68.9 Å². The van der Waals surface area contributed by atoms with Crippen LogP contribution in [0.4, 0.5) is 0 Å². The second kappa shape index (κ2) is 11.8. The Labute approximate surface area is 253 Å². The molecule has 1 N–H and O–H groups in total. The minimum Gasteiger partial charge on any atom is -0.378 e. The highest BCUT2D eigenvalue weighted by molar-refractivity contribution is 6.04. The number of nitrogens with zero attached hydrogens (tertiary/aromatic N) is 2. The molecule has 2 aliphatic heterocycles. The Morgan fingerprint density at radius 1 is 0.930 bits per heavy atom. The lowest BCUT2D eigenvalue weighted by molar-refractivity contribution is -0.131. The topological polar surface area (TPSA) is 80.6 Å². The molecule has 43 heavy (non-hydrogen) atoms. The van der Waals surface area contributed by atoms with E-state index in [-0.39, 0.29) is 11.8 Å². The maximum absolute atomic E-state index is 13.9. The maximum Gasteiger partial charge on any atom is 0.252 e. The third-order valence-corrected chi connectivity index (χ3v) is 10.2. The Kier molecular flexibility index (Phi) is 7.68. The number of nitrogens with one attached hydrogen (secondary N) is 1. The molecule has 3 heterocycles. The summed E-state index contributed by atoms with van der Waals surface area (Å²) in [5.74, 6) is 0.255. The van der Waals surface area contributed by atoms with E-state index in [0.29, 0.717) is 57.2 Å². The summed E-state index contributed by atoms with van der Waals surface area (Å²) < 4.78 is 7.83. The summed E-state index contributed by atoms with van der Waals surface area (Å²) in [6.45, 7) is 2.73. The Morgan fingerprint density at radius 3 is 2.42 bits per heavy atom. The normalized spacial score (nSPS) is 20.5. The van der Waals surface area contributed by atoms with Gasteiger partial charge in [0.1, 0.15) is 6.29 Å². The number of rotatable bonds is 5. The van der Waals surface area contributed by atoms with Crippen LogP contribution in [0, 0.1) is 0 Å². The molecule has 2 aromatic carbocycles. The SMILES string of the molecule is O=CC1(NC(=O)c2ccc3c(C4CCCCCC4)c4n(c3c2)CC(C(=O)N2CCOCC2)=Cc2ccccc2-4)CCCC1. The van der Waals surface area contributed by atoms with Crippen LogP contribution in [0.3, 0.4) is 0 Å². The van der Waals surface area contributed by atoms with E-state index in [0.717, 1.165) is 54.2 Å². The molecule has 0 unspecified atom stereocenters. The molecule has 7 heteroatoms. The van der Waals surface area contributed by atoms with E-state index in [9.17, 15) is 14.4 Å². The number of benzene rings is 2. The number of amides is 2. The third-order valence-electron chi connectivity index (χ3n) is 10.2. The molecular formula is C36H41N3O4. The van der Waals surface area contributed by atoms with Crippen LogP contribution in [0.1, 0.15) is 91.6 Å². The lowest BCUT2D eigenvalue weighted by Gasteiger charge is -2.28. The molecule has 2 aliphatic carbocycles. The zero-order chi connectivity index (χ0) is 29.4. The summed E-state index contributed by atoms with van der Waals surface area (Å²) in [5.41, 5.74) is 6.23. The van der Waals surface area contributed by atoms with Crippen LogP contribution < -0.4 is 5.32 Å². The van der Waals surface area contributed by atoms with Gasteiger partial charge in [-0.2, -0.15) is 0 Å². The van der Waals surface area contributed by atoms with Gasteiger partial charge in [0.05, 0.1) is 31.0 Å². The summed E-state index contributed by atoms with van der Waals surface area (Å²) in [6.07, 6.45) is 13.5. The van der Waals surface area contributed by atoms with Gasteiger partial charge in [-0.3, -0.25) is 9.59 Å². The number of carbonyl (C=O) groups excluding carboxylic acids is 3. The van der Waals surface area contributed by atoms with Crippen molar-refractivity contribution in [3.63, 3.8) is 0 Å². The Bertz CT molecular complexity index is 1580. The molecule has 1 saturated heterocycles. The van der Waals surface area contributed by atoms with Crippen molar-refractivity contribution in [2.75, 3.05) is 26.3 Å². The van der Waals surface area contributed by atoms with Gasteiger partial charge >= 0.3 is 0 Å². The van der Waals surface area contributed by atoms with Crippen molar-refractivity contribution in [3.8, 4) is 11.3 Å². The lowest BCUT2D eigenvalue weighted by Crippen LogP contribution is -2.47. The van der Waals surface area contributed by atoms with E-state index < -0.39 is 5.54 Å². The first-order valence-electron chi connectivity index (χ1n) is 16.2. The van der Waals surface area contributed by atoms with Gasteiger partial charge in [0, 0.05) is 40.7 Å². The number of aldehydes is 1. The average molecular weight is 580 g/mol. The first-order chi connectivity index (χ1) is 21.1. The van der Waals surface area contributed by atoms with Crippen LogP contribution in [-0.2, 0) is 20.9 Å². The number of carbonyl (C=O) groups is 3. The van der Waals surface area contributed by atoms with Gasteiger partial charge in [0.2, 0.25) is 0 Å². The van der Waals surface area contributed by atoms with Gasteiger partial charge in [-0.05, 0) is 60.9 Å². The van der Waals surface area contributed by atoms with Gasteiger partial charge in [0.25, 0.3) is 11.8 Å². The van der Waals surface area contributed by atoms with Gasteiger partial charge in [0.15, 0.2) is 0 Å². The summed E-state index contributed by atoms with van der Waals surface area (Å²) in [7, 11) is 0. The fraction of sp³-hybridized carbons (Fsp3) is 0.472. The van der Waals surface area contributed by atoms with E-state index in [2.05, 4.69) is 40.2 Å². The highest BCUT2D eigenvalue weighted by atomic mass is 16.5. The van der Waals surface area contributed by atoms with Crippen molar-refractivity contribution in [2.45, 2.75) is 82.2 Å². The van der Waals surface area contributed by atoms with Crippen molar-refractivity contribution in [3.05, 3.63) is 64.7 Å². The van der Waals surface area contributed by atoms with Crippen molar-refractivity contribution in [2.24, 2.45) is 0 Å². The molecular weight excluding hydrogens is 538 g/mol. The first kappa shape index (κ1) is 28.1. The highest BCUT2D eigenvalue weighted by Gasteiger charge is 2.36. The number of ether oxygens (including phenoxy) is 1. The molecule has 4 aliphatic rings. The fourth-order valence-electron chi connectivity index (χ4n) is 7.87. The van der Waals surface area contributed by atoms with E-state index in [1.165, 1.54) is 42.3 Å². The lowest BCUT2D eigenvalue weighted by atomic mass is 9.86. The quantitative estimate of drug-likeness (QED) is 0.287. The van der Waals surface area contributed by atoms with E-state index in [1.807, 2.05) is 23.1 Å². The van der Waals surface area contributed by atoms with Gasteiger partial charge in [-0.15, -0.1) is 0 Å². The standard InChI is InChI=1S/C36H41N3O4/c40-24-36(15-7-8-16-36)37-34(41)27-13-14-30-31(22-27)39-23-28(35(42)38-17-19-43-20-18-38)21-26-11-5-6-12-29(26)33(39)32(30)25-9-3-1-2-4-10-25/h5-6,11-14,21-22,24-25H,1-4,7-10,15-20,23H2,(H,37,41). The third kappa shape index (κ3) is 5.22. The second-order valence-corrected chi connectivity index (χ2v) is 12.9. The van der Waals surface area contributed by atoms with Crippen LogP contribution in [0.25, 0.3) is 28.2 Å². The van der Waals surface area contributed by atoms with Gasteiger partial charge in [-0.25, -0.2) is 0 Å². The first-order valence-corrected chi connectivity index (χ1v) is 16.2. The minimum atomic E-state index is -0.771. The van der Waals surface area contributed by atoms with Crippen molar-refractivity contribution in [1.29, 1.82) is 0 Å². The van der Waals surface area contributed by atoms with Crippen LogP contribution in [-0.4, -0.2) is 59.4 Å². The molecule has 0 radical (unpaired) electrons. The molecule has 0 bridgehead atoms. The summed E-state index contributed by atoms with van der Waals surface area (Å²) in [6, 6.07) is 14.5. The highest BCUT2D eigenvalue weighted by Crippen LogP contribution is 2.46. The number of hydrogen-bond donors (Lipinski definition) is 1. The zero-order valence-corrected chi connectivity index (χ0v) is 24.9. The molecule has 0 spiro atoms. The second-order valence-electron chi connectivity index (χ2n) is 12.9. The zero-order valence-electron chi connectivity index (χ0n) is 24.9. The van der Waals surface area contributed by atoms with Crippen molar-refractivity contribution in [1.82, 2.24) is 14.8 Å². The Morgan fingerprint density at radius 2 is 1.67 bits per heavy atom. The molecule has 2 amide bonds. The van der Waals surface area contributed by atoms with Crippen molar-refractivity contribution >= 4 is 35.1 Å². The summed E-state index contributed by atoms with van der Waals surface area (Å²) in [5, 5.41) is 4.25. The molecule has 2 saturated carbocycles. The maximum atomic E-state index is 13.9. The Balaban J connectivity index is 1.39. The van der Waals surface area contributed by atoms with E-state index in [4.69, 9.17) is 4.74 Å². The number of hydrogen-bond acceptors (Lipinski definition) is 4. The predicted molar refractivity (Wildman–Crippen MR) is 168 cm³/mol. The summed E-state index contributed by atoms with van der Waals surface area (Å²) >= 11 is 0. The van der Waals surface area contributed by atoms with Crippen LogP contribution in [0.15, 0.2) is 48.0 Å². The predicted octanol–water partition coefficient (Wildman–Crippen LogP) is 6.24. The average Bonchev–Trinajstić information content (AvgIpc) is 3.45. The fourth-order valence-corrected chi connectivity index (χ4v) is 7.87. The van der Waals surface area contributed by atoms with E-state index in [1.54, 1.807) is 0 Å². The Hall–Kier alpha value is -3.71. The van der Waals surface area contributed by atoms with Crippen LogP contribution >= 0.6 is 0 Å². The summed E-state index contributed by atoms with van der Waals surface area (Å²) in [4.78, 5) is 41.5. The van der Waals surface area contributed by atoms with Crippen molar-refractivity contribution < 1.29 is 19.1 Å². The monoisotopic (exact) mass is 579 g/mol. The van der Waals surface area contributed by atoms with Crippen LogP contribution in [0.2, 0.25) is 0 Å². The smallest absolute Gasteiger partial charge is 0.252 e. The molecule has 0 atom stereocenters. The number of morpholine rings is 1. The molecule has 3 fully saturated rings. The molecule has 7 rings (SSSR count).